The quantitative estimate of drug-likeness (QED) is 0.601. The van der Waals surface area contributed by atoms with Gasteiger partial charge in [-0.3, -0.25) is 0 Å². The zero-order chi connectivity index (χ0) is 15.3. The molecule has 1 aromatic carbocycles. The summed E-state index contributed by atoms with van der Waals surface area (Å²) in [4.78, 5) is 0. The molecule has 0 amide bonds. The number of hydrogen-bond donors (Lipinski definition) is 1. The fourth-order valence-electron chi connectivity index (χ4n) is 2.23. The molecule has 21 heavy (non-hydrogen) atoms. The number of ether oxygens (including phenoxy) is 3. The van der Waals surface area contributed by atoms with Crippen LogP contribution in [0.3, 0.4) is 0 Å². The normalized spacial score (nSPS) is 12.5. The molecule has 0 radical (unpaired) electrons. The summed E-state index contributed by atoms with van der Waals surface area (Å²) in [5.41, 5.74) is 2.67. The van der Waals surface area contributed by atoms with Gasteiger partial charge < -0.3 is 19.5 Å². The Hall–Kier alpha value is -0.940. The van der Waals surface area contributed by atoms with Gasteiger partial charge in [0.1, 0.15) is 0 Å². The molecule has 0 aliphatic rings. The first-order chi connectivity index (χ1) is 10.3. The molecule has 4 heteroatoms. The fourth-order valence-corrected chi connectivity index (χ4v) is 2.23. The SMILES string of the molecule is COCCNCC(CCOCCOC)c1cccc(C)c1. The zero-order valence-corrected chi connectivity index (χ0v) is 13.6. The maximum atomic E-state index is 5.61. The van der Waals surface area contributed by atoms with Gasteiger partial charge >= 0.3 is 0 Å². The highest BCUT2D eigenvalue weighted by Crippen LogP contribution is 2.20. The highest BCUT2D eigenvalue weighted by atomic mass is 16.5. The van der Waals surface area contributed by atoms with Crippen LogP contribution in [0.4, 0.5) is 0 Å². The Morgan fingerprint density at radius 1 is 1.05 bits per heavy atom. The molecule has 0 aromatic heterocycles. The minimum atomic E-state index is 0.462. The van der Waals surface area contributed by atoms with Crippen molar-refractivity contribution < 1.29 is 14.2 Å². The van der Waals surface area contributed by atoms with Crippen molar-refractivity contribution in [3.63, 3.8) is 0 Å². The summed E-state index contributed by atoms with van der Waals surface area (Å²) < 4.78 is 15.7. The molecule has 0 aliphatic heterocycles. The van der Waals surface area contributed by atoms with Gasteiger partial charge in [-0.05, 0) is 24.8 Å². The smallest absolute Gasteiger partial charge is 0.0700 e. The van der Waals surface area contributed by atoms with Gasteiger partial charge in [0.05, 0.1) is 19.8 Å². The third kappa shape index (κ3) is 8.17. The van der Waals surface area contributed by atoms with Crippen molar-refractivity contribution in [2.75, 3.05) is 53.7 Å². The Kier molecular flexibility index (Phi) is 10.1. The first-order valence-corrected chi connectivity index (χ1v) is 7.60. The molecule has 0 fully saturated rings. The van der Waals surface area contributed by atoms with Crippen molar-refractivity contribution in [2.45, 2.75) is 19.3 Å². The van der Waals surface area contributed by atoms with Gasteiger partial charge in [0.2, 0.25) is 0 Å². The van der Waals surface area contributed by atoms with E-state index in [1.807, 2.05) is 0 Å². The Bertz CT molecular complexity index is 371. The second-order valence-electron chi connectivity index (χ2n) is 5.20. The van der Waals surface area contributed by atoms with E-state index in [1.165, 1.54) is 11.1 Å². The van der Waals surface area contributed by atoms with Crippen LogP contribution in [-0.2, 0) is 14.2 Å². The van der Waals surface area contributed by atoms with Gasteiger partial charge in [0, 0.05) is 33.9 Å². The highest BCUT2D eigenvalue weighted by molar-refractivity contribution is 5.25. The minimum absolute atomic E-state index is 0.462. The summed E-state index contributed by atoms with van der Waals surface area (Å²) in [5, 5.41) is 3.45. The number of benzene rings is 1. The standard InChI is InChI=1S/C17H29NO3/c1-15-5-4-6-16(13-15)17(14-18-8-10-19-2)7-9-21-12-11-20-3/h4-6,13,17-18H,7-12,14H2,1-3H3. The predicted octanol–water partition coefficient (Wildman–Crippen LogP) is 2.37. The van der Waals surface area contributed by atoms with Crippen molar-refractivity contribution in [3.05, 3.63) is 35.4 Å². The van der Waals surface area contributed by atoms with Crippen molar-refractivity contribution in [2.24, 2.45) is 0 Å². The van der Waals surface area contributed by atoms with Crippen LogP contribution >= 0.6 is 0 Å². The van der Waals surface area contributed by atoms with Crippen LogP contribution in [0, 0.1) is 6.92 Å². The molecule has 1 rings (SSSR count). The Morgan fingerprint density at radius 2 is 1.86 bits per heavy atom. The second kappa shape index (κ2) is 11.7. The molecule has 0 saturated carbocycles. The monoisotopic (exact) mass is 295 g/mol. The van der Waals surface area contributed by atoms with E-state index in [2.05, 4.69) is 36.5 Å². The lowest BCUT2D eigenvalue weighted by molar-refractivity contribution is 0.0669. The van der Waals surface area contributed by atoms with E-state index in [0.29, 0.717) is 19.1 Å². The lowest BCUT2D eigenvalue weighted by Crippen LogP contribution is -2.26. The topological polar surface area (TPSA) is 39.7 Å². The molecule has 0 aliphatic carbocycles. The summed E-state index contributed by atoms with van der Waals surface area (Å²) in [6.07, 6.45) is 1.01. The third-order valence-electron chi connectivity index (χ3n) is 3.43. The number of aryl methyl sites for hydroxylation is 1. The van der Waals surface area contributed by atoms with Crippen molar-refractivity contribution >= 4 is 0 Å². The molecular weight excluding hydrogens is 266 g/mol. The van der Waals surface area contributed by atoms with Crippen LogP contribution < -0.4 is 5.32 Å². The Balaban J connectivity index is 2.45. The summed E-state index contributed by atoms with van der Waals surface area (Å²) in [6.45, 7) is 6.77. The molecule has 0 bridgehead atoms. The molecule has 1 N–H and O–H groups in total. The Labute approximate surface area is 128 Å². The average molecular weight is 295 g/mol. The van der Waals surface area contributed by atoms with E-state index in [1.54, 1.807) is 14.2 Å². The largest absolute Gasteiger partial charge is 0.383 e. The van der Waals surface area contributed by atoms with Crippen molar-refractivity contribution in [1.29, 1.82) is 0 Å². The number of nitrogens with one attached hydrogen (secondary N) is 1. The van der Waals surface area contributed by atoms with Gasteiger partial charge in [-0.25, -0.2) is 0 Å². The molecule has 1 aromatic rings. The van der Waals surface area contributed by atoms with Crippen LogP contribution in [0.15, 0.2) is 24.3 Å². The van der Waals surface area contributed by atoms with Crippen LogP contribution in [0.1, 0.15) is 23.5 Å². The summed E-state index contributed by atoms with van der Waals surface area (Å²) in [5.74, 6) is 0.462. The van der Waals surface area contributed by atoms with Crippen LogP contribution in [0.2, 0.25) is 0 Å². The number of rotatable bonds is 12. The molecule has 0 heterocycles. The number of hydrogen-bond acceptors (Lipinski definition) is 4. The molecule has 0 saturated heterocycles. The van der Waals surface area contributed by atoms with Crippen LogP contribution in [-0.4, -0.2) is 53.7 Å². The van der Waals surface area contributed by atoms with E-state index in [0.717, 1.165) is 32.7 Å². The van der Waals surface area contributed by atoms with Gasteiger partial charge in [-0.1, -0.05) is 29.8 Å². The minimum Gasteiger partial charge on any atom is -0.383 e. The fraction of sp³-hybridized carbons (Fsp3) is 0.647. The summed E-state index contributed by atoms with van der Waals surface area (Å²) >= 11 is 0. The molecule has 1 unspecified atom stereocenters. The maximum Gasteiger partial charge on any atom is 0.0700 e. The molecule has 0 spiro atoms. The highest BCUT2D eigenvalue weighted by Gasteiger charge is 2.11. The molecule has 4 nitrogen and oxygen atoms in total. The first kappa shape index (κ1) is 18.1. The van der Waals surface area contributed by atoms with Gasteiger partial charge in [-0.15, -0.1) is 0 Å². The van der Waals surface area contributed by atoms with Crippen LogP contribution in [0.25, 0.3) is 0 Å². The predicted molar refractivity (Wildman–Crippen MR) is 86.0 cm³/mol. The third-order valence-corrected chi connectivity index (χ3v) is 3.43. The van der Waals surface area contributed by atoms with E-state index < -0.39 is 0 Å². The average Bonchev–Trinajstić information content (AvgIpc) is 2.49. The second-order valence-corrected chi connectivity index (χ2v) is 5.20. The van der Waals surface area contributed by atoms with E-state index >= 15 is 0 Å². The van der Waals surface area contributed by atoms with E-state index in [-0.39, 0.29) is 0 Å². The van der Waals surface area contributed by atoms with Gasteiger partial charge in [0.15, 0.2) is 0 Å². The van der Waals surface area contributed by atoms with Crippen molar-refractivity contribution in [3.8, 4) is 0 Å². The summed E-state index contributed by atoms with van der Waals surface area (Å²) in [6, 6.07) is 8.72. The maximum absolute atomic E-state index is 5.61. The van der Waals surface area contributed by atoms with Gasteiger partial charge in [-0.2, -0.15) is 0 Å². The molecule has 1 atom stereocenters. The lowest BCUT2D eigenvalue weighted by Gasteiger charge is -2.19. The lowest BCUT2D eigenvalue weighted by atomic mass is 9.94. The first-order valence-electron chi connectivity index (χ1n) is 7.60. The van der Waals surface area contributed by atoms with Crippen LogP contribution in [0.5, 0.6) is 0 Å². The molecular formula is C17H29NO3. The summed E-state index contributed by atoms with van der Waals surface area (Å²) in [7, 11) is 3.42. The zero-order valence-electron chi connectivity index (χ0n) is 13.6. The van der Waals surface area contributed by atoms with E-state index in [4.69, 9.17) is 14.2 Å². The number of methoxy groups -OCH3 is 2. The Morgan fingerprint density at radius 3 is 2.57 bits per heavy atom. The molecule has 120 valence electrons. The van der Waals surface area contributed by atoms with Gasteiger partial charge in [0.25, 0.3) is 0 Å². The van der Waals surface area contributed by atoms with Crippen molar-refractivity contribution in [1.82, 2.24) is 5.32 Å². The van der Waals surface area contributed by atoms with E-state index in [9.17, 15) is 0 Å².